The van der Waals surface area contributed by atoms with Gasteiger partial charge in [-0.15, -0.1) is 0 Å². The number of rotatable bonds is 6. The number of hydrogen-bond acceptors (Lipinski definition) is 4. The van der Waals surface area contributed by atoms with E-state index in [0.717, 1.165) is 23.5 Å². The number of phenols is 1. The van der Waals surface area contributed by atoms with E-state index in [1.54, 1.807) is 11.2 Å². The van der Waals surface area contributed by atoms with Crippen molar-refractivity contribution in [3.05, 3.63) is 48.0 Å². The van der Waals surface area contributed by atoms with E-state index in [2.05, 4.69) is 37.7 Å². The highest BCUT2D eigenvalue weighted by Gasteiger charge is 2.25. The van der Waals surface area contributed by atoms with Gasteiger partial charge in [0.1, 0.15) is 11.4 Å². The van der Waals surface area contributed by atoms with Gasteiger partial charge in [-0.25, -0.2) is 0 Å². The molecular formula is C20H27N3O. The average Bonchev–Trinajstić information content (AvgIpc) is 2.99. The van der Waals surface area contributed by atoms with Gasteiger partial charge in [-0.3, -0.25) is 10.9 Å². The van der Waals surface area contributed by atoms with Gasteiger partial charge in [-0.1, -0.05) is 58.2 Å². The van der Waals surface area contributed by atoms with Crippen molar-refractivity contribution in [3.8, 4) is 5.75 Å². The molecule has 128 valence electrons. The van der Waals surface area contributed by atoms with Crippen LogP contribution in [-0.4, -0.2) is 5.11 Å². The number of hydrazine groups is 2. The van der Waals surface area contributed by atoms with E-state index in [-0.39, 0.29) is 11.2 Å². The first kappa shape index (κ1) is 16.5. The minimum absolute atomic E-state index is 0.0875. The average molecular weight is 325 g/mol. The van der Waals surface area contributed by atoms with E-state index in [1.165, 1.54) is 24.8 Å². The van der Waals surface area contributed by atoms with E-state index in [4.69, 9.17) is 0 Å². The molecule has 0 saturated heterocycles. The molecule has 2 aromatic rings. The van der Waals surface area contributed by atoms with Crippen LogP contribution in [0.1, 0.15) is 52.0 Å². The Hall–Kier alpha value is -2.36. The van der Waals surface area contributed by atoms with Crippen molar-refractivity contribution in [1.82, 2.24) is 0 Å². The summed E-state index contributed by atoms with van der Waals surface area (Å²) in [6, 6.07) is 13.9. The normalized spacial score (nSPS) is 13.4. The number of phenolic OH excluding ortho intramolecular Hbond substituents is 1. The lowest BCUT2D eigenvalue weighted by molar-refractivity contribution is 0.447. The number of hydrogen-bond donors (Lipinski definition) is 3. The summed E-state index contributed by atoms with van der Waals surface area (Å²) in [5.41, 5.74) is 10.6. The Labute approximate surface area is 144 Å². The number of aromatic hydroxyl groups is 1. The molecule has 1 heterocycles. The van der Waals surface area contributed by atoms with Crippen LogP contribution in [0.4, 0.5) is 17.1 Å². The zero-order valence-corrected chi connectivity index (χ0v) is 14.8. The van der Waals surface area contributed by atoms with Gasteiger partial charge in [0.25, 0.3) is 0 Å². The van der Waals surface area contributed by atoms with Crippen LogP contribution in [-0.2, 0) is 5.41 Å². The number of benzene rings is 2. The SMILES string of the molecule is CCCCCC(C)(C)c1ccc(O)c(N2Nc3ccccc3N2)c1. The van der Waals surface area contributed by atoms with Crippen LogP contribution in [0.2, 0.25) is 0 Å². The van der Waals surface area contributed by atoms with Crippen molar-refractivity contribution in [2.75, 3.05) is 16.0 Å². The van der Waals surface area contributed by atoms with E-state index in [1.807, 2.05) is 30.3 Å². The fraction of sp³-hybridized carbons (Fsp3) is 0.400. The number of nitrogens with one attached hydrogen (secondary N) is 2. The molecule has 4 nitrogen and oxygen atoms in total. The maximum Gasteiger partial charge on any atom is 0.142 e. The lowest BCUT2D eigenvalue weighted by atomic mass is 9.80. The Bertz CT molecular complexity index is 687. The smallest absolute Gasteiger partial charge is 0.142 e. The lowest BCUT2D eigenvalue weighted by Crippen LogP contribution is -2.30. The molecule has 0 aliphatic carbocycles. The number of anilines is 3. The zero-order valence-electron chi connectivity index (χ0n) is 14.8. The summed E-state index contributed by atoms with van der Waals surface area (Å²) >= 11 is 0. The molecule has 1 aliphatic rings. The van der Waals surface area contributed by atoms with Gasteiger partial charge in [-0.2, -0.15) is 5.12 Å². The second-order valence-corrected chi connectivity index (χ2v) is 7.15. The van der Waals surface area contributed by atoms with E-state index < -0.39 is 0 Å². The highest BCUT2D eigenvalue weighted by molar-refractivity contribution is 5.80. The molecule has 0 amide bonds. The Morgan fingerprint density at radius 1 is 1.00 bits per heavy atom. The molecule has 0 atom stereocenters. The van der Waals surface area contributed by atoms with Gasteiger partial charge in [0.05, 0.1) is 11.4 Å². The maximum atomic E-state index is 10.3. The molecule has 4 heteroatoms. The summed E-state index contributed by atoms with van der Waals surface area (Å²) in [4.78, 5) is 0. The maximum absolute atomic E-state index is 10.3. The molecule has 1 aliphatic heterocycles. The summed E-state index contributed by atoms with van der Waals surface area (Å²) in [5.74, 6) is 0.260. The Morgan fingerprint density at radius 3 is 2.29 bits per heavy atom. The summed E-state index contributed by atoms with van der Waals surface area (Å²) in [5, 5.41) is 12.1. The minimum atomic E-state index is 0.0875. The van der Waals surface area contributed by atoms with Crippen LogP contribution >= 0.6 is 0 Å². The predicted octanol–water partition coefficient (Wildman–Crippen LogP) is 5.42. The number of para-hydroxylation sites is 2. The van der Waals surface area contributed by atoms with Crippen LogP contribution in [0.5, 0.6) is 5.75 Å². The number of nitrogens with zero attached hydrogens (tertiary/aromatic N) is 1. The van der Waals surface area contributed by atoms with Crippen LogP contribution in [0.3, 0.4) is 0 Å². The molecule has 0 aromatic heterocycles. The van der Waals surface area contributed by atoms with Crippen molar-refractivity contribution in [1.29, 1.82) is 0 Å². The zero-order chi connectivity index (χ0) is 17.2. The second-order valence-electron chi connectivity index (χ2n) is 7.15. The van der Waals surface area contributed by atoms with Crippen LogP contribution in [0.15, 0.2) is 42.5 Å². The third-order valence-corrected chi connectivity index (χ3v) is 4.79. The standard InChI is InChI=1S/C20H27N3O/c1-4-5-8-13-20(2,3)15-11-12-19(24)18(14-15)23-21-16-9-6-7-10-17(16)22-23/h6-7,9-12,14,21-22,24H,4-5,8,13H2,1-3H3. The van der Waals surface area contributed by atoms with Gasteiger partial charge in [0, 0.05) is 0 Å². The summed E-state index contributed by atoms with van der Waals surface area (Å²) < 4.78 is 0. The molecule has 0 radical (unpaired) electrons. The Balaban J connectivity index is 1.83. The second kappa shape index (κ2) is 6.63. The van der Waals surface area contributed by atoms with Gasteiger partial charge >= 0.3 is 0 Å². The molecule has 3 N–H and O–H groups in total. The van der Waals surface area contributed by atoms with Crippen molar-refractivity contribution in [3.63, 3.8) is 0 Å². The third-order valence-electron chi connectivity index (χ3n) is 4.79. The van der Waals surface area contributed by atoms with Gasteiger partial charge < -0.3 is 5.11 Å². The van der Waals surface area contributed by atoms with Crippen LogP contribution in [0, 0.1) is 0 Å². The molecule has 0 unspecified atom stereocenters. The molecule has 3 rings (SSSR count). The summed E-state index contributed by atoms with van der Waals surface area (Å²) in [6.45, 7) is 6.78. The molecular weight excluding hydrogens is 298 g/mol. The van der Waals surface area contributed by atoms with E-state index in [9.17, 15) is 5.11 Å². The van der Waals surface area contributed by atoms with Crippen molar-refractivity contribution >= 4 is 17.1 Å². The first-order valence-corrected chi connectivity index (χ1v) is 8.77. The molecule has 0 spiro atoms. The third kappa shape index (κ3) is 3.28. The van der Waals surface area contributed by atoms with Crippen LogP contribution in [0.25, 0.3) is 0 Å². The summed E-state index contributed by atoms with van der Waals surface area (Å²) in [7, 11) is 0. The molecule has 0 saturated carbocycles. The van der Waals surface area contributed by atoms with E-state index >= 15 is 0 Å². The largest absolute Gasteiger partial charge is 0.506 e. The van der Waals surface area contributed by atoms with E-state index in [0.29, 0.717) is 0 Å². The van der Waals surface area contributed by atoms with Gasteiger partial charge in [-0.05, 0) is 41.7 Å². The number of fused-ring (bicyclic) bond motifs is 1. The fourth-order valence-electron chi connectivity index (χ4n) is 3.15. The Kier molecular flexibility index (Phi) is 4.56. The molecule has 24 heavy (non-hydrogen) atoms. The van der Waals surface area contributed by atoms with Gasteiger partial charge in [0.2, 0.25) is 0 Å². The van der Waals surface area contributed by atoms with Crippen molar-refractivity contribution in [2.45, 2.75) is 51.9 Å². The highest BCUT2D eigenvalue weighted by Crippen LogP contribution is 2.38. The number of unbranched alkanes of at least 4 members (excludes halogenated alkanes) is 2. The first-order chi connectivity index (χ1) is 11.5. The van der Waals surface area contributed by atoms with Crippen molar-refractivity contribution in [2.24, 2.45) is 0 Å². The first-order valence-electron chi connectivity index (χ1n) is 8.77. The molecule has 2 aromatic carbocycles. The lowest BCUT2D eigenvalue weighted by Gasteiger charge is -2.28. The Morgan fingerprint density at radius 2 is 1.67 bits per heavy atom. The van der Waals surface area contributed by atoms with Crippen LogP contribution < -0.4 is 16.0 Å². The molecule has 0 bridgehead atoms. The molecule has 0 fully saturated rings. The predicted molar refractivity (Wildman–Crippen MR) is 101 cm³/mol. The fourth-order valence-corrected chi connectivity index (χ4v) is 3.15. The van der Waals surface area contributed by atoms with Gasteiger partial charge in [0.15, 0.2) is 0 Å². The minimum Gasteiger partial charge on any atom is -0.506 e. The van der Waals surface area contributed by atoms with Crippen molar-refractivity contribution < 1.29 is 5.11 Å². The summed E-state index contributed by atoms with van der Waals surface area (Å²) in [6.07, 6.45) is 4.87. The quantitative estimate of drug-likeness (QED) is 0.620. The topological polar surface area (TPSA) is 47.5 Å². The monoisotopic (exact) mass is 325 g/mol. The highest BCUT2D eigenvalue weighted by atomic mass is 16.3.